The van der Waals surface area contributed by atoms with Crippen LogP contribution in [0.4, 0.5) is 10.1 Å². The molecule has 1 aromatic carbocycles. The number of nitrogens with one attached hydrogen (secondary N) is 1. The largest absolute Gasteiger partial charge is 0.367 e. The number of benzene rings is 1. The molecule has 4 atom stereocenters. The molecule has 1 N–H and O–H groups in total. The van der Waals surface area contributed by atoms with Gasteiger partial charge in [0.25, 0.3) is 0 Å². The molecule has 0 aromatic heterocycles. The summed E-state index contributed by atoms with van der Waals surface area (Å²) in [5, 5.41) is 3.25. The van der Waals surface area contributed by atoms with Crippen LogP contribution in [0.3, 0.4) is 0 Å². The fraction of sp³-hybridized carbons (Fsp3) is 0.667. The highest BCUT2D eigenvalue weighted by atomic mass is 19.1. The maximum atomic E-state index is 13.9. The number of carbonyl (C=O) groups is 1. The van der Waals surface area contributed by atoms with Crippen LogP contribution in [0, 0.1) is 23.6 Å². The van der Waals surface area contributed by atoms with Crippen LogP contribution in [0.2, 0.25) is 0 Å². The molecule has 3 aliphatic rings. The highest BCUT2D eigenvalue weighted by Crippen LogP contribution is 2.49. The van der Waals surface area contributed by atoms with E-state index in [2.05, 4.69) is 22.0 Å². The van der Waals surface area contributed by atoms with E-state index in [1.165, 1.54) is 31.7 Å². The molecule has 1 aromatic rings. The number of hydrogen-bond donors (Lipinski definition) is 1. The fourth-order valence-corrected chi connectivity index (χ4v) is 5.37. The highest BCUT2D eigenvalue weighted by molar-refractivity contribution is 5.78. The summed E-state index contributed by atoms with van der Waals surface area (Å²) in [5.41, 5.74) is 0.668. The Kier molecular flexibility index (Phi) is 5.16. The van der Waals surface area contributed by atoms with Crippen LogP contribution >= 0.6 is 0 Å². The fourth-order valence-electron chi connectivity index (χ4n) is 5.37. The second-order valence-electron chi connectivity index (χ2n) is 8.41. The number of nitrogens with zero attached hydrogens (tertiary/aromatic N) is 2. The molecule has 26 heavy (non-hydrogen) atoms. The van der Waals surface area contributed by atoms with Crippen molar-refractivity contribution in [3.8, 4) is 0 Å². The van der Waals surface area contributed by atoms with E-state index in [0.29, 0.717) is 18.2 Å². The van der Waals surface area contributed by atoms with E-state index in [1.807, 2.05) is 12.1 Å². The normalized spacial score (nSPS) is 29.8. The lowest BCUT2D eigenvalue weighted by Gasteiger charge is -2.36. The molecule has 1 heterocycles. The van der Waals surface area contributed by atoms with Crippen LogP contribution in [0.15, 0.2) is 24.3 Å². The Hall–Kier alpha value is -1.62. The minimum Gasteiger partial charge on any atom is -0.367 e. The Balaban J connectivity index is 1.23. The van der Waals surface area contributed by atoms with Crippen molar-refractivity contribution in [1.82, 2.24) is 10.2 Å². The summed E-state index contributed by atoms with van der Waals surface area (Å²) < 4.78 is 13.9. The van der Waals surface area contributed by atoms with Gasteiger partial charge < -0.3 is 10.2 Å². The lowest BCUT2D eigenvalue weighted by atomic mass is 9.84. The molecule has 2 aliphatic carbocycles. The zero-order chi connectivity index (χ0) is 18.1. The van der Waals surface area contributed by atoms with Crippen LogP contribution in [0.25, 0.3) is 0 Å². The third-order valence-corrected chi connectivity index (χ3v) is 6.76. The number of anilines is 1. The zero-order valence-electron chi connectivity index (χ0n) is 15.7. The Labute approximate surface area is 155 Å². The van der Waals surface area contributed by atoms with Gasteiger partial charge in [-0.3, -0.25) is 9.69 Å². The van der Waals surface area contributed by atoms with Gasteiger partial charge in [-0.25, -0.2) is 4.39 Å². The minimum atomic E-state index is -0.168. The summed E-state index contributed by atoms with van der Waals surface area (Å²) in [6.07, 6.45) is 5.43. The van der Waals surface area contributed by atoms with Crippen LogP contribution in [-0.4, -0.2) is 49.6 Å². The van der Waals surface area contributed by atoms with Crippen molar-refractivity contribution in [2.24, 2.45) is 17.8 Å². The van der Waals surface area contributed by atoms with Crippen molar-refractivity contribution in [2.75, 3.05) is 37.6 Å². The SMILES string of the molecule is C[C@H](NC(=O)CN1CCN(c2ccccc2F)CC1)[C@H]1C[C@H]2CC[C@H]1C2. The summed E-state index contributed by atoms with van der Waals surface area (Å²) in [4.78, 5) is 16.7. The Morgan fingerprint density at radius 3 is 2.62 bits per heavy atom. The van der Waals surface area contributed by atoms with Crippen LogP contribution in [-0.2, 0) is 4.79 Å². The number of rotatable bonds is 5. The van der Waals surface area contributed by atoms with E-state index in [-0.39, 0.29) is 17.8 Å². The van der Waals surface area contributed by atoms with E-state index in [9.17, 15) is 9.18 Å². The number of carbonyl (C=O) groups excluding carboxylic acids is 1. The maximum Gasteiger partial charge on any atom is 0.234 e. The summed E-state index contributed by atoms with van der Waals surface area (Å²) >= 11 is 0. The van der Waals surface area contributed by atoms with E-state index in [1.54, 1.807) is 6.07 Å². The van der Waals surface area contributed by atoms with Gasteiger partial charge in [0.2, 0.25) is 5.91 Å². The van der Waals surface area contributed by atoms with Crippen molar-refractivity contribution < 1.29 is 9.18 Å². The Morgan fingerprint density at radius 1 is 1.19 bits per heavy atom. The minimum absolute atomic E-state index is 0.139. The zero-order valence-corrected chi connectivity index (χ0v) is 15.7. The van der Waals surface area contributed by atoms with Crippen molar-refractivity contribution >= 4 is 11.6 Å². The van der Waals surface area contributed by atoms with E-state index in [4.69, 9.17) is 0 Å². The summed E-state index contributed by atoms with van der Waals surface area (Å²) in [6, 6.07) is 7.21. The van der Waals surface area contributed by atoms with Gasteiger partial charge in [-0.15, -0.1) is 0 Å². The van der Waals surface area contributed by atoms with Crippen molar-refractivity contribution in [1.29, 1.82) is 0 Å². The number of fused-ring (bicyclic) bond motifs is 2. The molecular formula is C21H30FN3O. The van der Waals surface area contributed by atoms with Crippen molar-refractivity contribution in [3.63, 3.8) is 0 Å². The van der Waals surface area contributed by atoms with E-state index >= 15 is 0 Å². The highest BCUT2D eigenvalue weighted by Gasteiger charge is 2.42. The summed E-state index contributed by atoms with van der Waals surface area (Å²) in [6.45, 7) is 5.75. The van der Waals surface area contributed by atoms with Gasteiger partial charge in [0, 0.05) is 32.2 Å². The molecule has 3 fully saturated rings. The van der Waals surface area contributed by atoms with Gasteiger partial charge in [0.15, 0.2) is 0 Å². The first-order valence-electron chi connectivity index (χ1n) is 10.1. The molecule has 0 radical (unpaired) electrons. The Morgan fingerprint density at radius 2 is 1.96 bits per heavy atom. The molecule has 142 valence electrons. The molecule has 1 aliphatic heterocycles. The molecule has 1 amide bonds. The predicted octanol–water partition coefficient (Wildman–Crippen LogP) is 2.89. The van der Waals surface area contributed by atoms with Crippen LogP contribution in [0.1, 0.15) is 32.6 Å². The number of amides is 1. The smallest absolute Gasteiger partial charge is 0.234 e. The van der Waals surface area contributed by atoms with Gasteiger partial charge in [-0.05, 0) is 56.1 Å². The average Bonchev–Trinajstić information content (AvgIpc) is 3.26. The number of para-hydroxylation sites is 1. The topological polar surface area (TPSA) is 35.6 Å². The summed E-state index contributed by atoms with van der Waals surface area (Å²) in [7, 11) is 0. The van der Waals surface area contributed by atoms with Crippen molar-refractivity contribution in [2.45, 2.75) is 38.6 Å². The number of piperazine rings is 1. The number of halogens is 1. The molecule has 2 saturated carbocycles. The van der Waals surface area contributed by atoms with Gasteiger partial charge in [-0.2, -0.15) is 0 Å². The third kappa shape index (κ3) is 3.73. The van der Waals surface area contributed by atoms with E-state index in [0.717, 1.165) is 38.0 Å². The van der Waals surface area contributed by atoms with Gasteiger partial charge in [0.05, 0.1) is 12.2 Å². The van der Waals surface area contributed by atoms with Crippen molar-refractivity contribution in [3.05, 3.63) is 30.1 Å². The molecule has 4 nitrogen and oxygen atoms in total. The van der Waals surface area contributed by atoms with E-state index < -0.39 is 0 Å². The average molecular weight is 359 g/mol. The lowest BCUT2D eigenvalue weighted by Crippen LogP contribution is -2.51. The monoisotopic (exact) mass is 359 g/mol. The molecule has 1 saturated heterocycles. The molecular weight excluding hydrogens is 329 g/mol. The van der Waals surface area contributed by atoms with Crippen LogP contribution < -0.4 is 10.2 Å². The lowest BCUT2D eigenvalue weighted by molar-refractivity contribution is -0.123. The second kappa shape index (κ2) is 7.55. The van der Waals surface area contributed by atoms with Gasteiger partial charge in [-0.1, -0.05) is 18.6 Å². The third-order valence-electron chi connectivity index (χ3n) is 6.76. The first-order valence-corrected chi connectivity index (χ1v) is 10.1. The molecule has 0 unspecified atom stereocenters. The molecule has 5 heteroatoms. The predicted molar refractivity (Wildman–Crippen MR) is 102 cm³/mol. The number of hydrogen-bond acceptors (Lipinski definition) is 3. The standard InChI is InChI=1S/C21H30FN3O/c1-15(18-13-16-6-7-17(18)12-16)23-21(26)14-24-8-10-25(11-9-24)20-5-3-2-4-19(20)22/h2-5,15-18H,6-14H2,1H3,(H,23,26)/t15-,16-,17-,18+/m0/s1. The molecule has 0 spiro atoms. The van der Waals surface area contributed by atoms with Gasteiger partial charge >= 0.3 is 0 Å². The Bertz CT molecular complexity index is 644. The second-order valence-corrected chi connectivity index (χ2v) is 8.41. The first kappa shape index (κ1) is 17.8. The molecule has 4 rings (SSSR count). The quantitative estimate of drug-likeness (QED) is 0.878. The van der Waals surface area contributed by atoms with Crippen LogP contribution in [0.5, 0.6) is 0 Å². The summed E-state index contributed by atoms with van der Waals surface area (Å²) in [5.74, 6) is 2.39. The molecule has 2 bridgehead atoms. The van der Waals surface area contributed by atoms with Gasteiger partial charge in [0.1, 0.15) is 5.82 Å². The first-order chi connectivity index (χ1) is 12.6. The maximum absolute atomic E-state index is 13.9.